The second-order valence-electron chi connectivity index (χ2n) is 4.76. The predicted molar refractivity (Wildman–Crippen MR) is 83.0 cm³/mol. The zero-order valence-electron chi connectivity index (χ0n) is 11.5. The molecule has 0 fully saturated rings. The average Bonchev–Trinajstić information content (AvgIpc) is 2.48. The van der Waals surface area contributed by atoms with E-state index in [1.165, 1.54) is 16.7 Å². The molecule has 0 radical (unpaired) electrons. The van der Waals surface area contributed by atoms with Gasteiger partial charge in [0.05, 0.1) is 0 Å². The van der Waals surface area contributed by atoms with Crippen molar-refractivity contribution in [3.63, 3.8) is 0 Å². The molecule has 0 aliphatic heterocycles. The van der Waals surface area contributed by atoms with Crippen molar-refractivity contribution in [1.29, 1.82) is 0 Å². The summed E-state index contributed by atoms with van der Waals surface area (Å²) in [5.74, 6) is -0.256. The van der Waals surface area contributed by atoms with Gasteiger partial charge in [-0.25, -0.2) is 0 Å². The lowest BCUT2D eigenvalue weighted by atomic mass is 9.97. The molecule has 2 aromatic rings. The first-order valence-electron chi connectivity index (χ1n) is 6.82. The summed E-state index contributed by atoms with van der Waals surface area (Å²) in [6.45, 7) is 0. The SMILES string of the molecule is NC(=O)CCC=C(Cc1ccccc1)c1ccccc1. The van der Waals surface area contributed by atoms with Gasteiger partial charge in [-0.1, -0.05) is 66.7 Å². The first-order chi connectivity index (χ1) is 9.75. The molecule has 2 heteroatoms. The first kappa shape index (κ1) is 14.1. The second-order valence-corrected chi connectivity index (χ2v) is 4.76. The Kier molecular flexibility index (Phi) is 5.13. The summed E-state index contributed by atoms with van der Waals surface area (Å²) in [4.78, 5) is 10.9. The number of hydrogen-bond donors (Lipinski definition) is 1. The molecular weight excluding hydrogens is 246 g/mol. The molecule has 0 saturated carbocycles. The van der Waals surface area contributed by atoms with Crippen LogP contribution in [0.1, 0.15) is 24.0 Å². The zero-order chi connectivity index (χ0) is 14.2. The number of hydrogen-bond acceptors (Lipinski definition) is 1. The molecule has 0 atom stereocenters. The van der Waals surface area contributed by atoms with Crippen LogP contribution in [0.3, 0.4) is 0 Å². The summed E-state index contributed by atoms with van der Waals surface area (Å²) in [5.41, 5.74) is 8.90. The molecule has 0 aliphatic carbocycles. The summed E-state index contributed by atoms with van der Waals surface area (Å²) in [7, 11) is 0. The van der Waals surface area contributed by atoms with Crippen LogP contribution in [0.25, 0.3) is 5.57 Å². The quantitative estimate of drug-likeness (QED) is 0.852. The Balaban J connectivity index is 2.18. The molecule has 0 spiro atoms. The third-order valence-electron chi connectivity index (χ3n) is 3.16. The van der Waals surface area contributed by atoms with E-state index >= 15 is 0 Å². The van der Waals surface area contributed by atoms with Gasteiger partial charge >= 0.3 is 0 Å². The fraction of sp³-hybridized carbons (Fsp3) is 0.167. The van der Waals surface area contributed by atoms with E-state index in [0.29, 0.717) is 12.8 Å². The van der Waals surface area contributed by atoms with Crippen molar-refractivity contribution in [2.75, 3.05) is 0 Å². The van der Waals surface area contributed by atoms with Gasteiger partial charge in [0.25, 0.3) is 0 Å². The van der Waals surface area contributed by atoms with Gasteiger partial charge in [-0.3, -0.25) is 4.79 Å². The molecule has 0 aliphatic rings. The van der Waals surface area contributed by atoms with E-state index in [4.69, 9.17) is 5.73 Å². The number of carbonyl (C=O) groups excluding carboxylic acids is 1. The lowest BCUT2D eigenvalue weighted by Crippen LogP contribution is -2.09. The van der Waals surface area contributed by atoms with Crippen molar-refractivity contribution in [2.45, 2.75) is 19.3 Å². The summed E-state index contributed by atoms with van der Waals surface area (Å²) >= 11 is 0. The summed E-state index contributed by atoms with van der Waals surface area (Å²) in [6.07, 6.45) is 4.06. The van der Waals surface area contributed by atoms with Crippen LogP contribution < -0.4 is 5.73 Å². The number of benzene rings is 2. The highest BCUT2D eigenvalue weighted by molar-refractivity contribution is 5.74. The Morgan fingerprint density at radius 3 is 2.15 bits per heavy atom. The minimum Gasteiger partial charge on any atom is -0.370 e. The first-order valence-corrected chi connectivity index (χ1v) is 6.82. The van der Waals surface area contributed by atoms with Gasteiger partial charge in [-0.2, -0.15) is 0 Å². The zero-order valence-corrected chi connectivity index (χ0v) is 11.5. The molecular formula is C18H19NO. The molecule has 2 N–H and O–H groups in total. The van der Waals surface area contributed by atoms with E-state index in [0.717, 1.165) is 6.42 Å². The van der Waals surface area contributed by atoms with Gasteiger partial charge in [0.2, 0.25) is 5.91 Å². The van der Waals surface area contributed by atoms with Gasteiger partial charge in [0.1, 0.15) is 0 Å². The van der Waals surface area contributed by atoms with E-state index in [-0.39, 0.29) is 5.91 Å². The standard InChI is InChI=1S/C18H19NO/c19-18(20)13-7-12-17(16-10-5-2-6-11-16)14-15-8-3-1-4-9-15/h1-6,8-12H,7,13-14H2,(H2,19,20). The lowest BCUT2D eigenvalue weighted by Gasteiger charge is -2.08. The molecule has 102 valence electrons. The van der Waals surface area contributed by atoms with E-state index in [1.807, 2.05) is 36.4 Å². The van der Waals surface area contributed by atoms with Gasteiger partial charge in [0.15, 0.2) is 0 Å². The van der Waals surface area contributed by atoms with Crippen LogP contribution in [-0.2, 0) is 11.2 Å². The van der Waals surface area contributed by atoms with Crippen LogP contribution in [-0.4, -0.2) is 5.91 Å². The molecule has 2 rings (SSSR count). The fourth-order valence-electron chi connectivity index (χ4n) is 2.15. The Labute approximate surface area is 119 Å². The molecule has 0 bridgehead atoms. The molecule has 2 aromatic carbocycles. The van der Waals surface area contributed by atoms with Crippen molar-refractivity contribution in [3.05, 3.63) is 77.9 Å². The van der Waals surface area contributed by atoms with E-state index < -0.39 is 0 Å². The highest BCUT2D eigenvalue weighted by Gasteiger charge is 2.03. The van der Waals surface area contributed by atoms with Crippen molar-refractivity contribution < 1.29 is 4.79 Å². The molecule has 0 saturated heterocycles. The van der Waals surface area contributed by atoms with Gasteiger partial charge in [0, 0.05) is 6.42 Å². The summed E-state index contributed by atoms with van der Waals surface area (Å²) in [6, 6.07) is 20.6. The number of nitrogens with two attached hydrogens (primary N) is 1. The van der Waals surface area contributed by atoms with Crippen LogP contribution in [0.4, 0.5) is 0 Å². The number of carbonyl (C=O) groups is 1. The number of allylic oxidation sites excluding steroid dienone is 2. The largest absolute Gasteiger partial charge is 0.370 e. The Hall–Kier alpha value is -2.35. The maximum absolute atomic E-state index is 10.9. The van der Waals surface area contributed by atoms with Gasteiger partial charge in [-0.05, 0) is 29.5 Å². The monoisotopic (exact) mass is 265 g/mol. The topological polar surface area (TPSA) is 43.1 Å². The molecule has 20 heavy (non-hydrogen) atoms. The maximum Gasteiger partial charge on any atom is 0.217 e. The van der Waals surface area contributed by atoms with Crippen molar-refractivity contribution in [3.8, 4) is 0 Å². The lowest BCUT2D eigenvalue weighted by molar-refractivity contribution is -0.117. The van der Waals surface area contributed by atoms with E-state index in [2.05, 4.69) is 30.3 Å². The van der Waals surface area contributed by atoms with Crippen LogP contribution >= 0.6 is 0 Å². The fourth-order valence-corrected chi connectivity index (χ4v) is 2.15. The van der Waals surface area contributed by atoms with Crippen LogP contribution in [0.5, 0.6) is 0 Å². The number of primary amides is 1. The molecule has 0 heterocycles. The van der Waals surface area contributed by atoms with E-state index in [9.17, 15) is 4.79 Å². The molecule has 1 amide bonds. The smallest absolute Gasteiger partial charge is 0.217 e. The van der Waals surface area contributed by atoms with Gasteiger partial charge < -0.3 is 5.73 Å². The molecule has 2 nitrogen and oxygen atoms in total. The van der Waals surface area contributed by atoms with Crippen LogP contribution in [0.15, 0.2) is 66.7 Å². The molecule has 0 aromatic heterocycles. The van der Waals surface area contributed by atoms with Crippen molar-refractivity contribution in [2.24, 2.45) is 5.73 Å². The normalized spacial score (nSPS) is 11.3. The Morgan fingerprint density at radius 2 is 1.55 bits per heavy atom. The minimum absolute atomic E-state index is 0.256. The second kappa shape index (κ2) is 7.29. The Bertz CT molecular complexity index is 573. The molecule has 0 unspecified atom stereocenters. The third kappa shape index (κ3) is 4.39. The average molecular weight is 265 g/mol. The van der Waals surface area contributed by atoms with Gasteiger partial charge in [-0.15, -0.1) is 0 Å². The number of rotatable bonds is 6. The minimum atomic E-state index is -0.256. The summed E-state index contributed by atoms with van der Waals surface area (Å²) < 4.78 is 0. The van der Waals surface area contributed by atoms with Crippen molar-refractivity contribution in [1.82, 2.24) is 0 Å². The Morgan fingerprint density at radius 1 is 0.950 bits per heavy atom. The third-order valence-corrected chi connectivity index (χ3v) is 3.16. The number of amides is 1. The predicted octanol–water partition coefficient (Wildman–Crippen LogP) is 3.58. The highest BCUT2D eigenvalue weighted by Crippen LogP contribution is 2.20. The van der Waals surface area contributed by atoms with Crippen molar-refractivity contribution >= 4 is 11.5 Å². The summed E-state index contributed by atoms with van der Waals surface area (Å²) in [5, 5.41) is 0. The van der Waals surface area contributed by atoms with Crippen LogP contribution in [0.2, 0.25) is 0 Å². The highest BCUT2D eigenvalue weighted by atomic mass is 16.1. The van der Waals surface area contributed by atoms with E-state index in [1.54, 1.807) is 0 Å². The maximum atomic E-state index is 10.9. The van der Waals surface area contributed by atoms with Crippen LogP contribution in [0, 0.1) is 0 Å².